The molecule has 0 spiro atoms. The van der Waals surface area contributed by atoms with Gasteiger partial charge in [-0.1, -0.05) is 0 Å². The monoisotopic (exact) mass is 555 g/mol. The van der Waals surface area contributed by atoms with Crippen LogP contribution in [0.4, 0.5) is 0 Å². The number of Topliss-reactive ketones (excluding diaryl/α,β-unsaturated/α-hetero) is 1. The van der Waals surface area contributed by atoms with Crippen molar-refractivity contribution in [1.29, 1.82) is 5.41 Å². The Morgan fingerprint density at radius 3 is 2.36 bits per heavy atom. The number of nitrogens with one attached hydrogen (secondary N) is 3. The van der Waals surface area contributed by atoms with Crippen LogP contribution in [0.1, 0.15) is 33.6 Å². The van der Waals surface area contributed by atoms with Gasteiger partial charge in [0.05, 0.1) is 12.8 Å². The van der Waals surface area contributed by atoms with Gasteiger partial charge in [-0.25, -0.2) is 4.79 Å². The quantitative estimate of drug-likeness (QED) is 0.153. The van der Waals surface area contributed by atoms with Gasteiger partial charge < -0.3 is 25.6 Å². The summed E-state index contributed by atoms with van der Waals surface area (Å²) in [7, 11) is 0. The molecule has 1 unspecified atom stereocenters. The van der Waals surface area contributed by atoms with Crippen LogP contribution in [0.5, 0.6) is 0 Å². The maximum Gasteiger partial charge on any atom is 0.329 e. The van der Waals surface area contributed by atoms with Gasteiger partial charge in [-0.2, -0.15) is 6.41 Å². The first-order chi connectivity index (χ1) is 9.69. The Morgan fingerprint density at radius 2 is 1.91 bits per heavy atom. The molecule has 2 amide bonds. The summed E-state index contributed by atoms with van der Waals surface area (Å²) in [6.07, 6.45) is 1.93. The largest absolute Gasteiger partial charge is 0.522 e. The third kappa shape index (κ3) is 9.65. The fraction of sp³-hybridized carbons (Fsp3) is 0.615. The minimum atomic E-state index is -1.02. The Labute approximate surface area is 123 Å². The van der Waals surface area contributed by atoms with Crippen molar-refractivity contribution in [3.63, 3.8) is 0 Å². The predicted octanol–water partition coefficient (Wildman–Crippen LogP) is -0.531. The molecule has 0 heterocycles. The second kappa shape index (κ2) is 9.62. The summed E-state index contributed by atoms with van der Waals surface area (Å²) < 4.78 is 5.15. The van der Waals surface area contributed by atoms with Crippen LogP contribution >= 0.6 is 0 Å². The van der Waals surface area contributed by atoms with E-state index >= 15 is 0 Å². The zero-order chi connectivity index (χ0) is 16.5. The summed E-state index contributed by atoms with van der Waals surface area (Å²) in [5, 5.41) is 11.2. The maximum atomic E-state index is 12.0. The molecule has 0 aliphatic carbocycles. The molecule has 22 heavy (non-hydrogen) atoms. The molecule has 0 aliphatic heterocycles. The van der Waals surface area contributed by atoms with Crippen LogP contribution in [0.2, 0.25) is 0 Å². The number of carbonyl (C=O) groups is 3. The number of carbonyl (C=O) groups excluding carboxylic acids is 4. The van der Waals surface area contributed by atoms with Crippen molar-refractivity contribution in [3.8, 4) is 0 Å². The third-order valence-electron chi connectivity index (χ3n) is 2.19. The summed E-state index contributed by atoms with van der Waals surface area (Å²) in [6.45, 7) is 4.70. The molecule has 0 aliphatic rings. The zero-order valence-corrected chi connectivity index (χ0v) is 15.0. The number of rotatable bonds is 9. The number of hydrogen-bond donors (Lipinski definition) is 3. The molecular formula is C13H20FmN3O5-. The average Bonchev–Trinajstić information content (AvgIpc) is 2.38. The summed E-state index contributed by atoms with van der Waals surface area (Å²) in [6, 6.07) is -1.02. The van der Waals surface area contributed by atoms with Crippen LogP contribution in [0, 0.1) is 5.41 Å². The smallest absolute Gasteiger partial charge is 0.329 e. The van der Waals surface area contributed by atoms with Gasteiger partial charge in [0.2, 0.25) is 5.91 Å². The second-order valence-corrected chi connectivity index (χ2v) is 5.26. The van der Waals surface area contributed by atoms with E-state index in [4.69, 9.17) is 10.1 Å². The van der Waals surface area contributed by atoms with E-state index in [-0.39, 0.29) is 19.4 Å². The van der Waals surface area contributed by atoms with Crippen LogP contribution in [0.25, 0.3) is 0 Å². The third-order valence-corrected chi connectivity index (χ3v) is 2.19. The standard InChI is InChI=1S/C13H20N3O5.Fm/c1-13(2,3)21-12(20)10(5-4-9(18)6-14)16-11(19)7-15-8-17;/h6,10,14H,4-5,7H2,1-3H3,(H,15,17)(H,16,19);/q-1;. The van der Waals surface area contributed by atoms with Crippen molar-refractivity contribution in [2.75, 3.05) is 6.54 Å². The number of ether oxygens (including phenoxy) is 1. The van der Waals surface area contributed by atoms with E-state index in [1.54, 1.807) is 20.8 Å². The molecule has 0 aromatic rings. The Balaban J connectivity index is 0. The summed E-state index contributed by atoms with van der Waals surface area (Å²) in [4.78, 5) is 44.6. The average molecular weight is 555 g/mol. The van der Waals surface area contributed by atoms with E-state index in [2.05, 4.69) is 5.32 Å². The van der Waals surface area contributed by atoms with Gasteiger partial charge in [-0.05, 0) is 27.2 Å². The van der Waals surface area contributed by atoms with Crippen molar-refractivity contribution in [2.24, 2.45) is 0 Å². The van der Waals surface area contributed by atoms with E-state index in [9.17, 15) is 19.2 Å². The first kappa shape index (κ1) is 21.1. The molecule has 0 radical (unpaired) electrons. The Bertz CT molecular complexity index is 420. The van der Waals surface area contributed by atoms with E-state index in [1.165, 1.54) is 6.41 Å². The molecule has 0 bridgehead atoms. The normalized spacial score (nSPS) is 11.4. The van der Waals surface area contributed by atoms with Gasteiger partial charge in [-0.15, -0.1) is 0 Å². The van der Waals surface area contributed by atoms with Crippen molar-refractivity contribution >= 4 is 30.3 Å². The van der Waals surface area contributed by atoms with Crippen molar-refractivity contribution in [3.05, 3.63) is 0 Å². The van der Waals surface area contributed by atoms with E-state index in [0.717, 1.165) is 0 Å². The summed E-state index contributed by atoms with van der Waals surface area (Å²) in [5.41, 5.74) is -0.736. The molecule has 130 valence electrons. The van der Waals surface area contributed by atoms with Crippen molar-refractivity contribution < 1.29 is 23.9 Å². The first-order valence-electron chi connectivity index (χ1n) is 6.35. The maximum absolute atomic E-state index is 12.0. The minimum absolute atomic E-state index is 0. The number of hydrogen-bond acceptors (Lipinski definition) is 6. The second-order valence-electron chi connectivity index (χ2n) is 5.26. The Kier molecular flexibility index (Phi) is 9.21. The van der Waals surface area contributed by atoms with Crippen LogP contribution in [-0.2, 0) is 23.9 Å². The van der Waals surface area contributed by atoms with E-state index < -0.39 is 29.3 Å². The molecule has 0 aromatic carbocycles. The van der Waals surface area contributed by atoms with Crippen LogP contribution in [-0.4, -0.2) is 48.5 Å². The number of ketones is 1. The topological polar surface area (TPSA) is 125 Å². The van der Waals surface area contributed by atoms with Gasteiger partial charge in [0.15, 0.2) is 5.78 Å². The van der Waals surface area contributed by atoms with Crippen LogP contribution < -0.4 is 10.6 Å². The SMILES string of the molecule is CC(C)(C)OC(=O)C(CCC(=O)C=N)NC(=O)CN[C-]=O.[Fm]. The summed E-state index contributed by atoms with van der Waals surface area (Å²) >= 11 is 0. The van der Waals surface area contributed by atoms with Gasteiger partial charge in [0, 0.05) is 6.42 Å². The first-order valence-corrected chi connectivity index (χ1v) is 6.35. The fourth-order valence-corrected chi connectivity index (χ4v) is 1.34. The zero-order valence-electron chi connectivity index (χ0n) is 12.6. The molecule has 9 heteroatoms. The number of amides is 2. The van der Waals surface area contributed by atoms with Gasteiger partial charge in [0.25, 0.3) is 0 Å². The molecule has 0 fully saturated rings. The van der Waals surface area contributed by atoms with Crippen LogP contribution in [0.3, 0.4) is 0 Å². The minimum Gasteiger partial charge on any atom is -0.522 e. The molecule has 0 aromatic heterocycles. The van der Waals surface area contributed by atoms with Gasteiger partial charge in [-0.3, -0.25) is 9.59 Å². The Morgan fingerprint density at radius 1 is 1.32 bits per heavy atom. The van der Waals surface area contributed by atoms with Crippen molar-refractivity contribution in [1.82, 2.24) is 10.6 Å². The van der Waals surface area contributed by atoms with E-state index in [0.29, 0.717) is 6.21 Å². The molecule has 0 saturated heterocycles. The molecular weight excluding hydrogens is 535 g/mol. The Hall–Kier alpha value is -3.25. The predicted molar refractivity (Wildman–Crippen MR) is 74.5 cm³/mol. The van der Waals surface area contributed by atoms with Gasteiger partial charge >= 0.3 is 5.97 Å². The molecule has 1 atom stereocenters. The molecule has 3 N–H and O–H groups in total. The van der Waals surface area contributed by atoms with Crippen molar-refractivity contribution in [2.45, 2.75) is 45.3 Å². The molecule has 8 nitrogen and oxygen atoms in total. The fourth-order valence-electron chi connectivity index (χ4n) is 1.34. The number of esters is 1. The molecule has 0 saturated carbocycles. The van der Waals surface area contributed by atoms with Crippen LogP contribution in [0.15, 0.2) is 0 Å². The van der Waals surface area contributed by atoms with E-state index in [1.807, 2.05) is 5.32 Å². The van der Waals surface area contributed by atoms with Gasteiger partial charge in [0.1, 0.15) is 11.6 Å². The molecule has 0 rings (SSSR count). The summed E-state index contributed by atoms with van der Waals surface area (Å²) in [5.74, 6) is -1.74.